The van der Waals surface area contributed by atoms with Gasteiger partial charge in [-0.1, -0.05) is 13.3 Å². The molecule has 1 saturated heterocycles. The Labute approximate surface area is 112 Å². The minimum absolute atomic E-state index is 0.342. The van der Waals surface area contributed by atoms with Gasteiger partial charge < -0.3 is 5.11 Å². The van der Waals surface area contributed by atoms with E-state index in [0.29, 0.717) is 12.5 Å². The van der Waals surface area contributed by atoms with Gasteiger partial charge in [0.2, 0.25) is 0 Å². The molecule has 18 heavy (non-hydrogen) atoms. The number of rotatable bonds is 4. The Hall–Kier alpha value is -0.940. The minimum Gasteiger partial charge on any atom is -0.480 e. The molecule has 1 aromatic heterocycles. The van der Waals surface area contributed by atoms with Crippen LogP contribution in [0, 0.1) is 12.8 Å². The largest absolute Gasteiger partial charge is 0.480 e. The van der Waals surface area contributed by atoms with Crippen molar-refractivity contribution in [3.63, 3.8) is 0 Å². The van der Waals surface area contributed by atoms with Crippen LogP contribution >= 0.6 is 11.3 Å². The minimum atomic E-state index is -0.694. The van der Waals surface area contributed by atoms with Gasteiger partial charge in [0.15, 0.2) is 0 Å². The molecule has 2 rings (SSSR count). The van der Waals surface area contributed by atoms with Crippen molar-refractivity contribution in [2.45, 2.75) is 45.7 Å². The first-order valence-corrected chi connectivity index (χ1v) is 7.36. The molecule has 0 aromatic carbocycles. The molecule has 1 aliphatic heterocycles. The van der Waals surface area contributed by atoms with Gasteiger partial charge in [-0.05, 0) is 32.2 Å². The SMILES string of the molecule is CCC1CCN(Cc2csc(C)n2)C(C(=O)O)C1. The van der Waals surface area contributed by atoms with E-state index in [-0.39, 0.29) is 6.04 Å². The molecule has 1 fully saturated rings. The number of aromatic nitrogens is 1. The highest BCUT2D eigenvalue weighted by molar-refractivity contribution is 7.09. The number of likely N-dealkylation sites (tertiary alicyclic amines) is 1. The second-order valence-electron chi connectivity index (χ2n) is 4.98. The highest BCUT2D eigenvalue weighted by Gasteiger charge is 2.32. The molecule has 0 radical (unpaired) electrons. The molecule has 0 aliphatic carbocycles. The quantitative estimate of drug-likeness (QED) is 0.911. The van der Waals surface area contributed by atoms with Gasteiger partial charge in [0.1, 0.15) is 6.04 Å². The highest BCUT2D eigenvalue weighted by atomic mass is 32.1. The lowest BCUT2D eigenvalue weighted by Gasteiger charge is -2.36. The molecule has 0 amide bonds. The number of aliphatic carboxylic acids is 1. The number of aryl methyl sites for hydroxylation is 1. The van der Waals surface area contributed by atoms with Gasteiger partial charge in [0.25, 0.3) is 0 Å². The van der Waals surface area contributed by atoms with E-state index < -0.39 is 5.97 Å². The number of carboxylic acids is 1. The normalized spacial score (nSPS) is 25.2. The maximum Gasteiger partial charge on any atom is 0.320 e. The third kappa shape index (κ3) is 3.09. The molecule has 2 atom stereocenters. The van der Waals surface area contributed by atoms with Crippen molar-refractivity contribution in [1.82, 2.24) is 9.88 Å². The second kappa shape index (κ2) is 5.80. The predicted molar refractivity (Wildman–Crippen MR) is 71.7 cm³/mol. The summed E-state index contributed by atoms with van der Waals surface area (Å²) < 4.78 is 0. The summed E-state index contributed by atoms with van der Waals surface area (Å²) in [6.45, 7) is 5.65. The van der Waals surface area contributed by atoms with Crippen molar-refractivity contribution in [2.75, 3.05) is 6.54 Å². The zero-order valence-electron chi connectivity index (χ0n) is 10.9. The van der Waals surface area contributed by atoms with Crippen molar-refractivity contribution < 1.29 is 9.90 Å². The van der Waals surface area contributed by atoms with E-state index in [1.165, 1.54) is 0 Å². The van der Waals surface area contributed by atoms with Crippen LogP contribution in [-0.2, 0) is 11.3 Å². The van der Waals surface area contributed by atoms with Crippen molar-refractivity contribution in [1.29, 1.82) is 0 Å². The van der Waals surface area contributed by atoms with E-state index in [1.54, 1.807) is 11.3 Å². The van der Waals surface area contributed by atoms with Gasteiger partial charge in [-0.15, -0.1) is 11.3 Å². The van der Waals surface area contributed by atoms with Gasteiger partial charge in [0, 0.05) is 11.9 Å². The maximum atomic E-state index is 11.4. The summed E-state index contributed by atoms with van der Waals surface area (Å²) in [5, 5.41) is 12.4. The van der Waals surface area contributed by atoms with Crippen LogP contribution in [0.25, 0.3) is 0 Å². The highest BCUT2D eigenvalue weighted by Crippen LogP contribution is 2.27. The van der Waals surface area contributed by atoms with E-state index in [1.807, 2.05) is 12.3 Å². The number of carbonyl (C=O) groups is 1. The fourth-order valence-electron chi connectivity index (χ4n) is 2.59. The summed E-state index contributed by atoms with van der Waals surface area (Å²) in [5.74, 6) is -0.139. The van der Waals surface area contributed by atoms with Crippen molar-refractivity contribution in [3.8, 4) is 0 Å². The van der Waals surface area contributed by atoms with Crippen LogP contribution in [0.5, 0.6) is 0 Å². The molecule has 1 aliphatic rings. The Morgan fingerprint density at radius 1 is 1.67 bits per heavy atom. The van der Waals surface area contributed by atoms with E-state index >= 15 is 0 Å². The van der Waals surface area contributed by atoms with Gasteiger partial charge in [-0.3, -0.25) is 9.69 Å². The van der Waals surface area contributed by atoms with Gasteiger partial charge >= 0.3 is 5.97 Å². The monoisotopic (exact) mass is 268 g/mol. The second-order valence-corrected chi connectivity index (χ2v) is 6.04. The molecule has 1 aromatic rings. The third-order valence-electron chi connectivity index (χ3n) is 3.72. The zero-order valence-corrected chi connectivity index (χ0v) is 11.7. The van der Waals surface area contributed by atoms with E-state index in [0.717, 1.165) is 36.5 Å². The van der Waals surface area contributed by atoms with Gasteiger partial charge in [0.05, 0.1) is 10.7 Å². The summed E-state index contributed by atoms with van der Waals surface area (Å²) in [7, 11) is 0. The Morgan fingerprint density at radius 3 is 3.00 bits per heavy atom. The van der Waals surface area contributed by atoms with Crippen molar-refractivity contribution >= 4 is 17.3 Å². The molecule has 2 heterocycles. The smallest absolute Gasteiger partial charge is 0.320 e. The fraction of sp³-hybridized carbons (Fsp3) is 0.692. The summed E-state index contributed by atoms with van der Waals surface area (Å²) in [4.78, 5) is 17.8. The van der Waals surface area contributed by atoms with Crippen LogP contribution in [0.2, 0.25) is 0 Å². The van der Waals surface area contributed by atoms with E-state index in [2.05, 4.69) is 16.8 Å². The van der Waals surface area contributed by atoms with Crippen LogP contribution in [-0.4, -0.2) is 33.5 Å². The Morgan fingerprint density at radius 2 is 2.44 bits per heavy atom. The molecule has 100 valence electrons. The average molecular weight is 268 g/mol. The number of hydrogen-bond donors (Lipinski definition) is 1. The number of carboxylic acid groups (broad SMARTS) is 1. The van der Waals surface area contributed by atoms with E-state index in [9.17, 15) is 9.90 Å². The van der Waals surface area contributed by atoms with Gasteiger partial charge in [-0.2, -0.15) is 0 Å². The first-order valence-electron chi connectivity index (χ1n) is 6.48. The molecular formula is C13H20N2O2S. The first kappa shape index (κ1) is 13.5. The Kier molecular flexibility index (Phi) is 4.35. The summed E-state index contributed by atoms with van der Waals surface area (Å²) in [6.07, 6.45) is 2.95. The summed E-state index contributed by atoms with van der Waals surface area (Å²) in [6, 6.07) is -0.342. The van der Waals surface area contributed by atoms with Crippen LogP contribution in [0.1, 0.15) is 36.9 Å². The molecule has 4 nitrogen and oxygen atoms in total. The summed E-state index contributed by atoms with van der Waals surface area (Å²) >= 11 is 1.62. The molecule has 0 spiro atoms. The topological polar surface area (TPSA) is 53.4 Å². The average Bonchev–Trinajstić information content (AvgIpc) is 2.75. The fourth-order valence-corrected chi connectivity index (χ4v) is 3.20. The molecule has 1 N–H and O–H groups in total. The number of piperidine rings is 1. The summed E-state index contributed by atoms with van der Waals surface area (Å²) in [5.41, 5.74) is 0.999. The standard InChI is InChI=1S/C13H20N2O2S/c1-3-10-4-5-15(12(6-10)13(16)17)7-11-8-18-9(2)14-11/h8,10,12H,3-7H2,1-2H3,(H,16,17). The molecule has 2 unspecified atom stereocenters. The van der Waals surface area contributed by atoms with Crippen LogP contribution in [0.15, 0.2) is 5.38 Å². The maximum absolute atomic E-state index is 11.4. The lowest BCUT2D eigenvalue weighted by Crippen LogP contribution is -2.46. The number of hydrogen-bond acceptors (Lipinski definition) is 4. The lowest BCUT2D eigenvalue weighted by molar-refractivity contribution is -0.145. The van der Waals surface area contributed by atoms with Crippen LogP contribution in [0.3, 0.4) is 0 Å². The number of thiazole rings is 1. The Bertz CT molecular complexity index is 419. The van der Waals surface area contributed by atoms with Crippen molar-refractivity contribution in [3.05, 3.63) is 16.1 Å². The third-order valence-corrected chi connectivity index (χ3v) is 4.54. The molecule has 0 bridgehead atoms. The molecule has 0 saturated carbocycles. The molecule has 5 heteroatoms. The van der Waals surface area contributed by atoms with E-state index in [4.69, 9.17) is 0 Å². The van der Waals surface area contributed by atoms with Crippen LogP contribution < -0.4 is 0 Å². The zero-order chi connectivity index (χ0) is 13.1. The lowest BCUT2D eigenvalue weighted by atomic mass is 9.89. The first-order chi connectivity index (χ1) is 8.60. The number of nitrogens with zero attached hydrogens (tertiary/aromatic N) is 2. The Balaban J connectivity index is 2.04. The van der Waals surface area contributed by atoms with Crippen molar-refractivity contribution in [2.24, 2.45) is 5.92 Å². The predicted octanol–water partition coefficient (Wildman–Crippen LogP) is 2.53. The van der Waals surface area contributed by atoms with Gasteiger partial charge in [-0.25, -0.2) is 4.98 Å². The molecular weight excluding hydrogens is 248 g/mol. The van der Waals surface area contributed by atoms with Crippen LogP contribution in [0.4, 0.5) is 0 Å².